The van der Waals surface area contributed by atoms with Gasteiger partial charge < -0.3 is 14.2 Å². The van der Waals surface area contributed by atoms with Crippen molar-refractivity contribution in [3.63, 3.8) is 0 Å². The van der Waals surface area contributed by atoms with Gasteiger partial charge in [-0.3, -0.25) is 0 Å². The van der Waals surface area contributed by atoms with Crippen LogP contribution in [0, 0.1) is 0 Å². The van der Waals surface area contributed by atoms with Crippen molar-refractivity contribution in [1.29, 1.82) is 0 Å². The van der Waals surface area contributed by atoms with Crippen LogP contribution in [-0.4, -0.2) is 26.2 Å². The molecule has 5 nitrogen and oxygen atoms in total. The summed E-state index contributed by atoms with van der Waals surface area (Å²) in [7, 11) is 2.69. The van der Waals surface area contributed by atoms with E-state index < -0.39 is 11.9 Å². The van der Waals surface area contributed by atoms with Crippen molar-refractivity contribution in [2.45, 2.75) is 0 Å². The molecular formula is C16H13ClO5. The highest BCUT2D eigenvalue weighted by Gasteiger charge is 2.15. The van der Waals surface area contributed by atoms with Crippen LogP contribution in [0.2, 0.25) is 5.02 Å². The van der Waals surface area contributed by atoms with Crippen molar-refractivity contribution < 1.29 is 23.8 Å². The maximum atomic E-state index is 12.1. The zero-order valence-electron chi connectivity index (χ0n) is 12.0. The number of ether oxygens (including phenoxy) is 3. The van der Waals surface area contributed by atoms with Crippen molar-refractivity contribution >= 4 is 23.5 Å². The van der Waals surface area contributed by atoms with Gasteiger partial charge in [0, 0.05) is 5.02 Å². The second-order valence-corrected chi connectivity index (χ2v) is 4.69. The minimum absolute atomic E-state index is 0.204. The molecule has 0 bridgehead atoms. The number of esters is 2. The zero-order chi connectivity index (χ0) is 16.1. The molecule has 0 unspecified atom stereocenters. The fraction of sp³-hybridized carbons (Fsp3) is 0.125. The first-order valence-corrected chi connectivity index (χ1v) is 6.67. The van der Waals surface area contributed by atoms with E-state index in [1.54, 1.807) is 24.3 Å². The molecule has 0 amide bonds. The monoisotopic (exact) mass is 320 g/mol. The summed E-state index contributed by atoms with van der Waals surface area (Å²) in [4.78, 5) is 23.5. The highest BCUT2D eigenvalue weighted by atomic mass is 35.5. The topological polar surface area (TPSA) is 61.8 Å². The Balaban J connectivity index is 2.23. The van der Waals surface area contributed by atoms with Crippen LogP contribution in [0.25, 0.3) is 0 Å². The standard InChI is InChI=1S/C16H13ClO5/c1-20-14-9-11(15(18)21-2)5-8-13(14)22-16(19)10-3-6-12(17)7-4-10/h3-9H,1-2H3. The molecule has 0 saturated carbocycles. The maximum absolute atomic E-state index is 12.1. The Morgan fingerprint density at radius 2 is 1.50 bits per heavy atom. The van der Waals surface area contributed by atoms with E-state index in [1.807, 2.05) is 0 Å². The lowest BCUT2D eigenvalue weighted by Crippen LogP contribution is -2.10. The first-order valence-electron chi connectivity index (χ1n) is 6.29. The van der Waals surface area contributed by atoms with Gasteiger partial charge in [0.25, 0.3) is 0 Å². The molecule has 0 heterocycles. The molecule has 114 valence electrons. The molecule has 0 aliphatic carbocycles. The smallest absolute Gasteiger partial charge is 0.343 e. The van der Waals surface area contributed by atoms with Crippen LogP contribution in [0.3, 0.4) is 0 Å². The van der Waals surface area contributed by atoms with Crippen LogP contribution in [0.4, 0.5) is 0 Å². The van der Waals surface area contributed by atoms with Crippen molar-refractivity contribution in [3.05, 3.63) is 58.6 Å². The van der Waals surface area contributed by atoms with Gasteiger partial charge in [0.2, 0.25) is 0 Å². The summed E-state index contributed by atoms with van der Waals surface area (Å²) < 4.78 is 15.0. The summed E-state index contributed by atoms with van der Waals surface area (Å²) in [6, 6.07) is 10.7. The molecule has 6 heteroatoms. The number of hydrogen-bond acceptors (Lipinski definition) is 5. The number of methoxy groups -OCH3 is 2. The van der Waals surface area contributed by atoms with Crippen molar-refractivity contribution in [2.24, 2.45) is 0 Å². The van der Waals surface area contributed by atoms with E-state index in [0.717, 1.165) is 0 Å². The van der Waals surface area contributed by atoms with Gasteiger partial charge in [0.15, 0.2) is 11.5 Å². The van der Waals surface area contributed by atoms with Gasteiger partial charge in [0.05, 0.1) is 25.3 Å². The van der Waals surface area contributed by atoms with E-state index in [-0.39, 0.29) is 11.5 Å². The normalized spacial score (nSPS) is 9.95. The highest BCUT2D eigenvalue weighted by molar-refractivity contribution is 6.30. The Bertz CT molecular complexity index is 694. The van der Waals surface area contributed by atoms with Crippen molar-refractivity contribution in [1.82, 2.24) is 0 Å². The lowest BCUT2D eigenvalue weighted by Gasteiger charge is -2.10. The van der Waals surface area contributed by atoms with Crippen LogP contribution >= 0.6 is 11.6 Å². The Labute approximate surface area is 132 Å². The van der Waals surface area contributed by atoms with E-state index in [2.05, 4.69) is 4.74 Å². The van der Waals surface area contributed by atoms with E-state index in [4.69, 9.17) is 21.1 Å². The quantitative estimate of drug-likeness (QED) is 0.638. The predicted molar refractivity (Wildman–Crippen MR) is 80.7 cm³/mol. The Morgan fingerprint density at radius 1 is 0.864 bits per heavy atom. The Kier molecular flexibility index (Phi) is 5.01. The first kappa shape index (κ1) is 15.9. The van der Waals surface area contributed by atoms with Crippen LogP contribution in [0.15, 0.2) is 42.5 Å². The average Bonchev–Trinajstić information content (AvgIpc) is 2.55. The summed E-state index contributed by atoms with van der Waals surface area (Å²) in [5.41, 5.74) is 0.647. The molecule has 0 spiro atoms. The number of carbonyl (C=O) groups excluding carboxylic acids is 2. The largest absolute Gasteiger partial charge is 0.493 e. The van der Waals surface area contributed by atoms with E-state index in [9.17, 15) is 9.59 Å². The van der Waals surface area contributed by atoms with Crippen molar-refractivity contribution in [3.8, 4) is 11.5 Å². The Hall–Kier alpha value is -2.53. The molecule has 22 heavy (non-hydrogen) atoms. The van der Waals surface area contributed by atoms with Crippen LogP contribution < -0.4 is 9.47 Å². The third-order valence-electron chi connectivity index (χ3n) is 2.87. The molecule has 0 atom stereocenters. The molecule has 0 aromatic heterocycles. The molecule has 2 aromatic carbocycles. The summed E-state index contributed by atoms with van der Waals surface area (Å²) in [5.74, 6) is -0.602. The lowest BCUT2D eigenvalue weighted by molar-refractivity contribution is 0.0600. The third-order valence-corrected chi connectivity index (χ3v) is 3.12. The number of benzene rings is 2. The molecule has 0 N–H and O–H groups in total. The van der Waals surface area contributed by atoms with Gasteiger partial charge >= 0.3 is 11.9 Å². The summed E-state index contributed by atoms with van der Waals surface area (Å²) in [5, 5.41) is 0.525. The first-order chi connectivity index (χ1) is 10.5. The number of rotatable bonds is 4. The molecule has 0 fully saturated rings. The molecule has 2 aromatic rings. The van der Waals surface area contributed by atoms with Gasteiger partial charge in [-0.15, -0.1) is 0 Å². The second kappa shape index (κ2) is 6.95. The number of carbonyl (C=O) groups is 2. The highest BCUT2D eigenvalue weighted by Crippen LogP contribution is 2.29. The van der Waals surface area contributed by atoms with Gasteiger partial charge in [-0.1, -0.05) is 11.6 Å². The molecular weight excluding hydrogens is 308 g/mol. The average molecular weight is 321 g/mol. The SMILES string of the molecule is COC(=O)c1ccc(OC(=O)c2ccc(Cl)cc2)c(OC)c1. The van der Waals surface area contributed by atoms with Crippen LogP contribution in [0.5, 0.6) is 11.5 Å². The molecule has 0 aliphatic heterocycles. The molecule has 0 radical (unpaired) electrons. The molecule has 0 saturated heterocycles. The molecule has 2 rings (SSSR count). The van der Waals surface area contributed by atoms with Crippen LogP contribution in [0.1, 0.15) is 20.7 Å². The van der Waals surface area contributed by atoms with E-state index >= 15 is 0 Å². The van der Waals surface area contributed by atoms with Gasteiger partial charge in [0.1, 0.15) is 0 Å². The fourth-order valence-corrected chi connectivity index (χ4v) is 1.87. The molecule has 0 aliphatic rings. The zero-order valence-corrected chi connectivity index (χ0v) is 12.7. The summed E-state index contributed by atoms with van der Waals surface area (Å²) >= 11 is 5.77. The lowest BCUT2D eigenvalue weighted by atomic mass is 10.2. The van der Waals surface area contributed by atoms with Gasteiger partial charge in [-0.2, -0.15) is 0 Å². The maximum Gasteiger partial charge on any atom is 0.343 e. The fourth-order valence-electron chi connectivity index (χ4n) is 1.74. The third kappa shape index (κ3) is 3.56. The summed E-state index contributed by atoms with van der Waals surface area (Å²) in [6.07, 6.45) is 0. The summed E-state index contributed by atoms with van der Waals surface area (Å²) in [6.45, 7) is 0. The number of halogens is 1. The minimum atomic E-state index is -0.555. The predicted octanol–water partition coefficient (Wildman–Crippen LogP) is 3.35. The van der Waals surface area contributed by atoms with Crippen LogP contribution in [-0.2, 0) is 4.74 Å². The van der Waals surface area contributed by atoms with Crippen molar-refractivity contribution in [2.75, 3.05) is 14.2 Å². The minimum Gasteiger partial charge on any atom is -0.493 e. The van der Waals surface area contributed by atoms with Gasteiger partial charge in [-0.05, 0) is 42.5 Å². The van der Waals surface area contributed by atoms with E-state index in [1.165, 1.54) is 32.4 Å². The van der Waals surface area contributed by atoms with E-state index in [0.29, 0.717) is 16.1 Å². The second-order valence-electron chi connectivity index (χ2n) is 4.25. The number of hydrogen-bond donors (Lipinski definition) is 0. The van der Waals surface area contributed by atoms with Gasteiger partial charge in [-0.25, -0.2) is 9.59 Å². The Morgan fingerprint density at radius 3 is 2.09 bits per heavy atom.